The van der Waals surface area contributed by atoms with Crippen LogP contribution in [0.15, 0.2) is 21.9 Å². The van der Waals surface area contributed by atoms with E-state index in [4.69, 9.17) is 9.47 Å². The number of aromatic nitrogens is 2. The van der Waals surface area contributed by atoms with E-state index in [0.29, 0.717) is 4.57 Å². The lowest BCUT2D eigenvalue weighted by molar-refractivity contribution is -0.163. The molecule has 0 amide bonds. The van der Waals surface area contributed by atoms with E-state index in [9.17, 15) is 63.5 Å². The lowest BCUT2D eigenvalue weighted by Gasteiger charge is -2.24. The van der Waals surface area contributed by atoms with Crippen molar-refractivity contribution < 1.29 is 76.8 Å². The molecule has 2 aliphatic rings. The standard InChI is InChI=1S/C15H23FN2O17P2/c16-3-4(19)10-7(22)9(24)14(32-10)34-37(29,30)35-36(27,28)33-13(25)11-6(21)8(23)12(31-11)18-2-1-5(20)17-15(18)26/h1-2,4,6-14,19,21-25H,3H2,(H,27,28)(H,29,30)(H,17,20,26)/t4-,6+,7-,8-,9-,10+,11+,12-,13?,14+/m1/s1. The van der Waals surface area contributed by atoms with Crippen molar-refractivity contribution in [3.05, 3.63) is 33.1 Å². The van der Waals surface area contributed by atoms with Gasteiger partial charge in [0.2, 0.25) is 0 Å². The van der Waals surface area contributed by atoms with E-state index in [1.165, 1.54) is 0 Å². The largest absolute Gasteiger partial charge is 0.483 e. The molecule has 3 unspecified atom stereocenters. The number of alkyl halides is 1. The van der Waals surface area contributed by atoms with Crippen LogP contribution in [0.2, 0.25) is 0 Å². The molecule has 37 heavy (non-hydrogen) atoms. The van der Waals surface area contributed by atoms with Crippen LogP contribution in [0.25, 0.3) is 0 Å². The van der Waals surface area contributed by atoms with Gasteiger partial charge >= 0.3 is 21.3 Å². The predicted molar refractivity (Wildman–Crippen MR) is 109 cm³/mol. The summed E-state index contributed by atoms with van der Waals surface area (Å²) < 4.78 is 59.9. The Balaban J connectivity index is 1.65. The number of nitrogens with one attached hydrogen (secondary N) is 1. The zero-order chi connectivity index (χ0) is 27.9. The van der Waals surface area contributed by atoms with E-state index in [2.05, 4.69) is 13.4 Å². The van der Waals surface area contributed by atoms with Crippen molar-refractivity contribution in [1.29, 1.82) is 0 Å². The zero-order valence-electron chi connectivity index (χ0n) is 18.1. The van der Waals surface area contributed by atoms with E-state index >= 15 is 0 Å². The Morgan fingerprint density at radius 3 is 2.22 bits per heavy atom. The third-order valence-electron chi connectivity index (χ3n) is 5.16. The Kier molecular flexibility index (Phi) is 9.23. The first-order chi connectivity index (χ1) is 17.1. The molecule has 2 fully saturated rings. The van der Waals surface area contributed by atoms with Gasteiger partial charge in [0.05, 0.1) is 0 Å². The fraction of sp³-hybridized carbons (Fsp3) is 0.733. The van der Waals surface area contributed by atoms with Crippen LogP contribution in [0.4, 0.5) is 4.39 Å². The predicted octanol–water partition coefficient (Wildman–Crippen LogP) is -4.50. The number of aliphatic hydroxyl groups excluding tert-OH is 6. The summed E-state index contributed by atoms with van der Waals surface area (Å²) in [5, 5.41) is 59.3. The molecule has 9 N–H and O–H groups in total. The number of ether oxygens (including phenoxy) is 2. The molecule has 1 aromatic heterocycles. The molecule has 0 radical (unpaired) electrons. The van der Waals surface area contributed by atoms with Gasteiger partial charge in [-0.3, -0.25) is 23.4 Å². The Morgan fingerprint density at radius 2 is 1.62 bits per heavy atom. The molecule has 212 valence electrons. The van der Waals surface area contributed by atoms with E-state index in [1.807, 2.05) is 4.98 Å². The normalized spacial score (nSPS) is 37.1. The molecule has 2 aliphatic heterocycles. The molecular formula is C15H23FN2O17P2. The summed E-state index contributed by atoms with van der Waals surface area (Å²) >= 11 is 0. The molecule has 2 saturated heterocycles. The van der Waals surface area contributed by atoms with Crippen molar-refractivity contribution in [1.82, 2.24) is 9.55 Å². The minimum absolute atomic E-state index is 0.612. The Labute approximate surface area is 204 Å². The minimum atomic E-state index is -5.79. The molecule has 0 spiro atoms. The maximum atomic E-state index is 12.6. The fourth-order valence-electron chi connectivity index (χ4n) is 3.44. The van der Waals surface area contributed by atoms with Gasteiger partial charge in [-0.25, -0.2) is 18.3 Å². The maximum Gasteiger partial charge on any atom is 0.483 e. The maximum absolute atomic E-state index is 12.6. The fourth-order valence-corrected chi connectivity index (χ4v) is 5.62. The lowest BCUT2D eigenvalue weighted by atomic mass is 10.1. The summed E-state index contributed by atoms with van der Waals surface area (Å²) in [5.41, 5.74) is -1.89. The minimum Gasteiger partial charge on any atom is -0.388 e. The topological polar surface area (TPSA) is 297 Å². The zero-order valence-corrected chi connectivity index (χ0v) is 19.9. The van der Waals surface area contributed by atoms with Crippen molar-refractivity contribution in [2.45, 2.75) is 61.5 Å². The van der Waals surface area contributed by atoms with Gasteiger partial charge in [0.1, 0.15) is 49.4 Å². The summed E-state index contributed by atoms with van der Waals surface area (Å²) in [4.78, 5) is 44.4. The second-order valence-corrected chi connectivity index (χ2v) is 10.7. The number of phosphoric ester groups is 2. The number of aromatic amines is 1. The van der Waals surface area contributed by atoms with Gasteiger partial charge in [0, 0.05) is 12.3 Å². The number of halogens is 1. The van der Waals surface area contributed by atoms with Gasteiger partial charge in [-0.05, 0) is 0 Å². The number of nitrogens with zero attached hydrogens (tertiary/aromatic N) is 1. The van der Waals surface area contributed by atoms with E-state index in [0.717, 1.165) is 12.3 Å². The Bertz CT molecular complexity index is 1160. The van der Waals surface area contributed by atoms with Crippen molar-refractivity contribution in [2.24, 2.45) is 0 Å². The number of H-pyrrole nitrogens is 1. The highest BCUT2D eigenvalue weighted by Gasteiger charge is 2.52. The van der Waals surface area contributed by atoms with Crippen molar-refractivity contribution in [3.63, 3.8) is 0 Å². The van der Waals surface area contributed by atoms with E-state index < -0.39 is 95.1 Å². The van der Waals surface area contributed by atoms with Gasteiger partial charge in [-0.2, -0.15) is 4.31 Å². The smallest absolute Gasteiger partial charge is 0.388 e. The van der Waals surface area contributed by atoms with Crippen LogP contribution in [0, 0.1) is 0 Å². The monoisotopic (exact) mass is 584 g/mol. The van der Waals surface area contributed by atoms with Gasteiger partial charge < -0.3 is 49.9 Å². The molecule has 0 aliphatic carbocycles. The highest BCUT2D eigenvalue weighted by molar-refractivity contribution is 7.61. The summed E-state index contributed by atoms with van der Waals surface area (Å²) in [6.07, 6.45) is -19.7. The Morgan fingerprint density at radius 1 is 1.00 bits per heavy atom. The van der Waals surface area contributed by atoms with E-state index in [-0.39, 0.29) is 0 Å². The average molecular weight is 584 g/mol. The van der Waals surface area contributed by atoms with Crippen LogP contribution in [0.3, 0.4) is 0 Å². The van der Waals surface area contributed by atoms with Gasteiger partial charge in [-0.15, -0.1) is 0 Å². The molecule has 0 bridgehead atoms. The van der Waals surface area contributed by atoms with E-state index in [1.54, 1.807) is 0 Å². The molecule has 19 nitrogen and oxygen atoms in total. The molecule has 3 heterocycles. The first kappa shape index (κ1) is 30.1. The third-order valence-corrected chi connectivity index (χ3v) is 7.77. The van der Waals surface area contributed by atoms with Gasteiger partial charge in [0.15, 0.2) is 18.8 Å². The quantitative estimate of drug-likeness (QED) is 0.0924. The van der Waals surface area contributed by atoms with Crippen LogP contribution < -0.4 is 11.2 Å². The lowest BCUT2D eigenvalue weighted by Crippen LogP contribution is -2.40. The van der Waals surface area contributed by atoms with Crippen molar-refractivity contribution >= 4 is 15.6 Å². The first-order valence-corrected chi connectivity index (χ1v) is 13.1. The second-order valence-electron chi connectivity index (χ2n) is 7.78. The molecule has 1 aromatic rings. The highest BCUT2D eigenvalue weighted by atomic mass is 31.3. The van der Waals surface area contributed by atoms with Crippen LogP contribution in [0.1, 0.15) is 6.23 Å². The van der Waals surface area contributed by atoms with Crippen LogP contribution in [-0.4, -0.2) is 112 Å². The number of hydrogen-bond donors (Lipinski definition) is 9. The van der Waals surface area contributed by atoms with Crippen LogP contribution in [-0.2, 0) is 32.0 Å². The van der Waals surface area contributed by atoms with Crippen LogP contribution in [0.5, 0.6) is 0 Å². The number of hydrogen-bond acceptors (Lipinski definition) is 15. The van der Waals surface area contributed by atoms with Crippen LogP contribution >= 0.6 is 15.6 Å². The molecular weight excluding hydrogens is 561 g/mol. The van der Waals surface area contributed by atoms with Crippen molar-refractivity contribution in [2.75, 3.05) is 6.67 Å². The van der Waals surface area contributed by atoms with Gasteiger partial charge in [-0.1, -0.05) is 0 Å². The summed E-state index contributed by atoms with van der Waals surface area (Å²) in [6.45, 7) is -1.44. The Hall–Kier alpha value is -1.45. The molecule has 12 atom stereocenters. The number of aliphatic hydroxyl groups is 6. The number of rotatable bonds is 10. The summed E-state index contributed by atoms with van der Waals surface area (Å²) in [7, 11) is -11.5. The summed E-state index contributed by atoms with van der Waals surface area (Å²) in [6, 6.07) is 0.864. The van der Waals surface area contributed by atoms with Gasteiger partial charge in [0.25, 0.3) is 5.56 Å². The summed E-state index contributed by atoms with van der Waals surface area (Å²) in [5.74, 6) is 0. The molecule has 0 aromatic carbocycles. The highest BCUT2D eigenvalue weighted by Crippen LogP contribution is 2.62. The SMILES string of the molecule is O=c1ccn([C@@H]2O[C@H](C(O)OP(=O)(O)OP(=O)(O)O[C@@H]3O[C@@H]([C@H](O)CF)[C@H](O)[C@H]3O)[C@@H](O)[C@H]2O)c(=O)[nH]1. The molecule has 0 saturated carbocycles. The first-order valence-electron chi connectivity index (χ1n) is 10.1. The average Bonchev–Trinajstić information content (AvgIpc) is 3.22. The molecule has 3 rings (SSSR count). The third kappa shape index (κ3) is 6.77. The number of phosphoric acid groups is 2. The van der Waals surface area contributed by atoms with Crippen molar-refractivity contribution in [3.8, 4) is 0 Å². The second kappa shape index (κ2) is 11.3. The molecule has 22 heteroatoms.